The number of esters is 1. The second kappa shape index (κ2) is 4.65. The molecule has 86 valence electrons. The first-order valence-corrected chi connectivity index (χ1v) is 5.10. The van der Waals surface area contributed by atoms with E-state index in [1.807, 2.05) is 30.3 Å². The van der Waals surface area contributed by atoms with Crippen LogP contribution in [0.2, 0.25) is 0 Å². The zero-order valence-electron chi connectivity index (χ0n) is 9.29. The predicted molar refractivity (Wildman–Crippen MR) is 62.2 cm³/mol. The molecule has 0 unspecified atom stereocenters. The van der Waals surface area contributed by atoms with Gasteiger partial charge in [-0.2, -0.15) is 4.73 Å². The van der Waals surface area contributed by atoms with Crippen LogP contribution in [0, 0.1) is 5.21 Å². The summed E-state index contributed by atoms with van der Waals surface area (Å²) in [4.78, 5) is 11.4. The molecule has 2 rings (SSSR count). The maximum absolute atomic E-state index is 12.0. The first-order chi connectivity index (χ1) is 8.24. The van der Waals surface area contributed by atoms with Crippen molar-refractivity contribution in [3.63, 3.8) is 0 Å². The molecular formula is C13H11NO3. The summed E-state index contributed by atoms with van der Waals surface area (Å²) in [5, 5.41) is 12.0. The summed E-state index contributed by atoms with van der Waals surface area (Å²) in [5.74, 6) is -0.641. The third kappa shape index (κ3) is 2.10. The molecule has 2 aromatic rings. The normalized spacial score (nSPS) is 9.94. The summed E-state index contributed by atoms with van der Waals surface area (Å²) < 4.78 is 5.13. The number of pyridine rings is 1. The van der Waals surface area contributed by atoms with Crippen molar-refractivity contribution in [3.05, 3.63) is 59.4 Å². The summed E-state index contributed by atoms with van der Waals surface area (Å²) in [6.07, 6.45) is 0. The van der Waals surface area contributed by atoms with E-state index < -0.39 is 5.97 Å². The van der Waals surface area contributed by atoms with Crippen LogP contribution in [0.1, 0.15) is 10.5 Å². The molecule has 1 aromatic heterocycles. The Morgan fingerprint density at radius 1 is 1.12 bits per heavy atom. The summed E-state index contributed by atoms with van der Waals surface area (Å²) in [7, 11) is 1.25. The molecule has 0 aliphatic heterocycles. The molecule has 4 nitrogen and oxygen atoms in total. The lowest BCUT2D eigenvalue weighted by Crippen LogP contribution is -2.37. The van der Waals surface area contributed by atoms with Gasteiger partial charge in [0.05, 0.1) is 7.11 Å². The van der Waals surface area contributed by atoms with Crippen molar-refractivity contribution in [1.29, 1.82) is 0 Å². The molecule has 0 bridgehead atoms. The first kappa shape index (κ1) is 11.1. The highest BCUT2D eigenvalue weighted by Gasteiger charge is 2.19. The van der Waals surface area contributed by atoms with Gasteiger partial charge in [-0.15, -0.1) is 0 Å². The number of hydrogen-bond acceptors (Lipinski definition) is 3. The molecule has 0 atom stereocenters. The fourth-order valence-corrected chi connectivity index (χ4v) is 1.57. The molecule has 4 heteroatoms. The van der Waals surface area contributed by atoms with Crippen molar-refractivity contribution in [3.8, 4) is 11.3 Å². The van der Waals surface area contributed by atoms with Crippen molar-refractivity contribution in [1.82, 2.24) is 0 Å². The summed E-state index contributed by atoms with van der Waals surface area (Å²) in [6, 6.07) is 13.9. The average Bonchev–Trinajstić information content (AvgIpc) is 2.39. The van der Waals surface area contributed by atoms with Crippen LogP contribution < -0.4 is 4.73 Å². The number of hydrogen-bond donors (Lipinski definition) is 0. The second-order valence-corrected chi connectivity index (χ2v) is 3.45. The molecule has 0 aliphatic carbocycles. The van der Waals surface area contributed by atoms with Crippen LogP contribution in [-0.2, 0) is 4.74 Å². The molecule has 17 heavy (non-hydrogen) atoms. The third-order valence-electron chi connectivity index (χ3n) is 2.41. The minimum Gasteiger partial charge on any atom is -0.618 e. The highest BCUT2D eigenvalue weighted by Crippen LogP contribution is 2.14. The van der Waals surface area contributed by atoms with Crippen LogP contribution in [0.5, 0.6) is 0 Å². The lowest BCUT2D eigenvalue weighted by molar-refractivity contribution is -0.596. The third-order valence-corrected chi connectivity index (χ3v) is 2.41. The molecule has 1 heterocycles. The fraction of sp³-hybridized carbons (Fsp3) is 0.0769. The molecule has 0 aliphatic rings. The van der Waals surface area contributed by atoms with Gasteiger partial charge in [0, 0.05) is 17.7 Å². The molecule has 0 fully saturated rings. The molecule has 0 saturated carbocycles. The Hall–Kier alpha value is -2.36. The highest BCUT2D eigenvalue weighted by molar-refractivity contribution is 5.85. The van der Waals surface area contributed by atoms with Crippen LogP contribution in [0.3, 0.4) is 0 Å². The van der Waals surface area contributed by atoms with Gasteiger partial charge in [-0.3, -0.25) is 0 Å². The largest absolute Gasteiger partial charge is 0.618 e. The number of benzene rings is 1. The number of ether oxygens (including phenoxy) is 1. The van der Waals surface area contributed by atoms with Crippen LogP contribution in [0.15, 0.2) is 48.5 Å². The molecule has 0 N–H and O–H groups in total. The highest BCUT2D eigenvalue weighted by atomic mass is 16.5. The quantitative estimate of drug-likeness (QED) is 0.448. The minimum absolute atomic E-state index is 0.0196. The maximum Gasteiger partial charge on any atom is 0.404 e. The van der Waals surface area contributed by atoms with E-state index in [1.165, 1.54) is 13.2 Å². The van der Waals surface area contributed by atoms with Gasteiger partial charge in [0.15, 0.2) is 0 Å². The molecule has 0 saturated heterocycles. The monoisotopic (exact) mass is 229 g/mol. The first-order valence-electron chi connectivity index (χ1n) is 5.10. The lowest BCUT2D eigenvalue weighted by atomic mass is 10.1. The fourth-order valence-electron chi connectivity index (χ4n) is 1.57. The smallest absolute Gasteiger partial charge is 0.404 e. The number of carbonyl (C=O) groups is 1. The molecular weight excluding hydrogens is 218 g/mol. The van der Waals surface area contributed by atoms with Crippen molar-refractivity contribution in [2.75, 3.05) is 7.11 Å². The van der Waals surface area contributed by atoms with E-state index in [9.17, 15) is 10.0 Å². The van der Waals surface area contributed by atoms with Crippen LogP contribution in [0.25, 0.3) is 11.3 Å². The van der Waals surface area contributed by atoms with Crippen molar-refractivity contribution >= 4 is 5.97 Å². The van der Waals surface area contributed by atoms with Gasteiger partial charge in [-0.25, -0.2) is 4.79 Å². The SMILES string of the molecule is COC(=O)c1cccc(-c2ccccc2)[n+]1[O-]. The van der Waals surface area contributed by atoms with Crippen molar-refractivity contribution in [2.45, 2.75) is 0 Å². The van der Waals surface area contributed by atoms with E-state index >= 15 is 0 Å². The summed E-state index contributed by atoms with van der Waals surface area (Å²) in [6.45, 7) is 0. The summed E-state index contributed by atoms with van der Waals surface area (Å²) >= 11 is 0. The number of methoxy groups -OCH3 is 1. The van der Waals surface area contributed by atoms with Gasteiger partial charge in [-0.05, 0) is 18.2 Å². The van der Waals surface area contributed by atoms with Gasteiger partial charge in [-0.1, -0.05) is 18.2 Å². The van der Waals surface area contributed by atoms with Gasteiger partial charge in [0.25, 0.3) is 0 Å². The Balaban J connectivity index is 2.54. The van der Waals surface area contributed by atoms with Crippen LogP contribution in [-0.4, -0.2) is 13.1 Å². The standard InChI is InChI=1S/C13H11NO3/c1-17-13(15)12-9-5-8-11(14(12)16)10-6-3-2-4-7-10/h2-9H,1H3. The van der Waals surface area contributed by atoms with Crippen molar-refractivity contribution < 1.29 is 14.3 Å². The van der Waals surface area contributed by atoms with E-state index in [0.717, 1.165) is 5.56 Å². The number of carbonyl (C=O) groups excluding carboxylic acids is 1. The number of aromatic nitrogens is 1. The van der Waals surface area contributed by atoms with Gasteiger partial charge >= 0.3 is 11.7 Å². The topological polar surface area (TPSA) is 53.2 Å². The Kier molecular flexibility index (Phi) is 3.05. The van der Waals surface area contributed by atoms with E-state index in [2.05, 4.69) is 4.74 Å². The van der Waals surface area contributed by atoms with E-state index in [1.54, 1.807) is 12.1 Å². The average molecular weight is 229 g/mol. The molecule has 0 amide bonds. The molecule has 0 radical (unpaired) electrons. The van der Waals surface area contributed by atoms with Gasteiger partial charge in [0.1, 0.15) is 0 Å². The van der Waals surface area contributed by atoms with Gasteiger partial charge < -0.3 is 9.94 Å². The Bertz CT molecular complexity index is 538. The second-order valence-electron chi connectivity index (χ2n) is 3.45. The van der Waals surface area contributed by atoms with Gasteiger partial charge in [0.2, 0.25) is 5.69 Å². The maximum atomic E-state index is 12.0. The lowest BCUT2D eigenvalue weighted by Gasteiger charge is -2.07. The Morgan fingerprint density at radius 3 is 2.47 bits per heavy atom. The Morgan fingerprint density at radius 2 is 1.82 bits per heavy atom. The van der Waals surface area contributed by atoms with Crippen LogP contribution in [0.4, 0.5) is 0 Å². The minimum atomic E-state index is -0.641. The number of nitrogens with zero attached hydrogens (tertiary/aromatic N) is 1. The molecule has 0 spiro atoms. The zero-order chi connectivity index (χ0) is 12.3. The van der Waals surface area contributed by atoms with E-state index in [0.29, 0.717) is 10.4 Å². The van der Waals surface area contributed by atoms with Crippen LogP contribution >= 0.6 is 0 Å². The van der Waals surface area contributed by atoms with E-state index in [4.69, 9.17) is 0 Å². The summed E-state index contributed by atoms with van der Waals surface area (Å²) in [5.41, 5.74) is 1.16. The zero-order valence-corrected chi connectivity index (χ0v) is 9.29. The van der Waals surface area contributed by atoms with E-state index in [-0.39, 0.29) is 5.69 Å². The molecule has 1 aromatic carbocycles. The van der Waals surface area contributed by atoms with Crippen molar-refractivity contribution in [2.24, 2.45) is 0 Å². The predicted octanol–water partition coefficient (Wildman–Crippen LogP) is 1.77. The number of rotatable bonds is 2. The Labute approximate surface area is 98.7 Å².